The average Bonchev–Trinajstić information content (AvgIpc) is 3.29. The Kier molecular flexibility index (Phi) is 3.45. The predicted octanol–water partition coefficient (Wildman–Crippen LogP) is 0.731. The molecule has 0 aliphatic heterocycles. The molecule has 2 saturated carbocycles. The highest BCUT2D eigenvalue weighted by Crippen LogP contribution is 2.37. The molecule has 1 N–H and O–H groups in total. The Morgan fingerprint density at radius 2 is 2.00 bits per heavy atom. The summed E-state index contributed by atoms with van der Waals surface area (Å²) in [6.45, 7) is 1.69. The first-order valence-electron chi connectivity index (χ1n) is 7.02. The van der Waals surface area contributed by atoms with E-state index in [1.54, 1.807) is 6.92 Å². The third kappa shape index (κ3) is 3.06. The molecular weight excluding hydrogens is 292 g/mol. The van der Waals surface area contributed by atoms with Crippen molar-refractivity contribution in [2.75, 3.05) is 7.05 Å². The molecule has 2 aliphatic rings. The highest BCUT2D eigenvalue weighted by Gasteiger charge is 2.35. The number of hydrogen-bond donors (Lipinski definition) is 1. The van der Waals surface area contributed by atoms with Crippen molar-refractivity contribution in [3.8, 4) is 0 Å². The van der Waals surface area contributed by atoms with Crippen molar-refractivity contribution in [2.45, 2.75) is 44.6 Å². The molecular formula is C13H18N4O3S. The molecule has 3 rings (SSSR count). The Labute approximate surface area is 124 Å². The van der Waals surface area contributed by atoms with Crippen LogP contribution in [0.1, 0.15) is 53.5 Å². The fraction of sp³-hybridized carbons (Fsp3) is 0.615. The quantitative estimate of drug-likeness (QED) is 0.865. The topological polar surface area (TPSA) is 92.3 Å². The molecule has 2 fully saturated rings. The highest BCUT2D eigenvalue weighted by molar-refractivity contribution is 7.87. The van der Waals surface area contributed by atoms with Crippen molar-refractivity contribution < 1.29 is 13.2 Å². The van der Waals surface area contributed by atoms with Crippen LogP contribution in [0.3, 0.4) is 0 Å². The molecule has 0 unspecified atom stereocenters. The summed E-state index contributed by atoms with van der Waals surface area (Å²) in [6, 6.07) is 0.00453. The van der Waals surface area contributed by atoms with E-state index in [-0.39, 0.29) is 11.6 Å². The average molecular weight is 310 g/mol. The Balaban J connectivity index is 1.75. The molecule has 0 atom stereocenters. The maximum absolute atomic E-state index is 12.1. The number of nitrogens with zero attached hydrogens (tertiary/aromatic N) is 3. The second kappa shape index (κ2) is 5.03. The van der Waals surface area contributed by atoms with E-state index in [9.17, 15) is 13.2 Å². The lowest BCUT2D eigenvalue weighted by Crippen LogP contribution is -2.42. The summed E-state index contributed by atoms with van der Waals surface area (Å²) >= 11 is 0. The number of hydrogen-bond acceptors (Lipinski definition) is 5. The number of carbonyl (C=O) groups is 1. The van der Waals surface area contributed by atoms with E-state index >= 15 is 0 Å². The van der Waals surface area contributed by atoms with Gasteiger partial charge in [0.15, 0.2) is 0 Å². The third-order valence-electron chi connectivity index (χ3n) is 3.85. The number of rotatable bonds is 5. The van der Waals surface area contributed by atoms with Crippen LogP contribution in [0, 0.1) is 6.92 Å². The summed E-state index contributed by atoms with van der Waals surface area (Å²) in [5.41, 5.74) is 0.709. The maximum Gasteiger partial charge on any atom is 0.304 e. The van der Waals surface area contributed by atoms with Crippen molar-refractivity contribution in [3.05, 3.63) is 23.3 Å². The van der Waals surface area contributed by atoms with Gasteiger partial charge in [-0.2, -0.15) is 12.7 Å². The van der Waals surface area contributed by atoms with E-state index in [0.717, 1.165) is 31.5 Å². The number of nitrogens with one attached hydrogen (secondary N) is 1. The van der Waals surface area contributed by atoms with Crippen molar-refractivity contribution in [1.82, 2.24) is 19.0 Å². The molecule has 2 aliphatic carbocycles. The summed E-state index contributed by atoms with van der Waals surface area (Å²) in [6.07, 6.45) is 5.24. The molecule has 1 heterocycles. The largest absolute Gasteiger partial charge is 0.304 e. The van der Waals surface area contributed by atoms with Gasteiger partial charge in [0.2, 0.25) is 0 Å². The molecule has 0 spiro atoms. The summed E-state index contributed by atoms with van der Waals surface area (Å²) in [5.74, 6) is 0.454. The number of aromatic nitrogens is 2. The first kappa shape index (κ1) is 14.4. The smallest absolute Gasteiger partial charge is 0.268 e. The van der Waals surface area contributed by atoms with Gasteiger partial charge in [-0.05, 0) is 32.6 Å². The van der Waals surface area contributed by atoms with Crippen molar-refractivity contribution in [2.24, 2.45) is 0 Å². The second-order valence-electron chi connectivity index (χ2n) is 5.69. The Morgan fingerprint density at radius 1 is 1.33 bits per heavy atom. The summed E-state index contributed by atoms with van der Waals surface area (Å²) < 4.78 is 27.4. The van der Waals surface area contributed by atoms with Gasteiger partial charge in [0.05, 0.1) is 11.3 Å². The Bertz CT molecular complexity index is 681. The van der Waals surface area contributed by atoms with Gasteiger partial charge in [0.25, 0.3) is 5.91 Å². The number of aryl methyl sites for hydroxylation is 1. The van der Waals surface area contributed by atoms with Gasteiger partial charge in [0, 0.05) is 25.2 Å². The lowest BCUT2D eigenvalue weighted by atomic mass is 10.2. The van der Waals surface area contributed by atoms with Gasteiger partial charge in [0.1, 0.15) is 5.82 Å². The zero-order chi connectivity index (χ0) is 15.2. The van der Waals surface area contributed by atoms with Crippen LogP contribution in [0.25, 0.3) is 0 Å². The standard InChI is InChI=1S/C13H18N4O3S/c1-8-11(7-14-12(15-8)9-3-4-9)13(18)16-21(19,20)17(2)10-5-6-10/h7,9-10H,3-6H2,1-2H3,(H,16,18). The fourth-order valence-electron chi connectivity index (χ4n) is 2.12. The Morgan fingerprint density at radius 3 is 2.52 bits per heavy atom. The molecule has 1 aromatic heterocycles. The minimum Gasteiger partial charge on any atom is -0.268 e. The minimum atomic E-state index is -3.80. The van der Waals surface area contributed by atoms with Crippen LogP contribution in [0.4, 0.5) is 0 Å². The monoisotopic (exact) mass is 310 g/mol. The molecule has 0 bridgehead atoms. The molecule has 114 valence electrons. The zero-order valence-corrected chi connectivity index (χ0v) is 12.9. The molecule has 21 heavy (non-hydrogen) atoms. The number of carbonyl (C=O) groups excluding carboxylic acids is 1. The lowest BCUT2D eigenvalue weighted by molar-refractivity contribution is 0.0978. The van der Waals surface area contributed by atoms with Gasteiger partial charge in [-0.3, -0.25) is 4.79 Å². The molecule has 1 aromatic rings. The van der Waals surface area contributed by atoms with E-state index < -0.39 is 16.1 Å². The molecule has 8 heteroatoms. The normalized spacial score (nSPS) is 18.8. The zero-order valence-electron chi connectivity index (χ0n) is 12.0. The highest BCUT2D eigenvalue weighted by atomic mass is 32.2. The predicted molar refractivity (Wildman–Crippen MR) is 75.9 cm³/mol. The number of amides is 1. The van der Waals surface area contributed by atoms with Gasteiger partial charge in [-0.25, -0.2) is 14.7 Å². The lowest BCUT2D eigenvalue weighted by Gasteiger charge is -2.17. The van der Waals surface area contributed by atoms with Gasteiger partial charge in [-0.1, -0.05) is 0 Å². The van der Waals surface area contributed by atoms with Crippen molar-refractivity contribution in [1.29, 1.82) is 0 Å². The molecule has 0 saturated heterocycles. The van der Waals surface area contributed by atoms with Crippen molar-refractivity contribution in [3.63, 3.8) is 0 Å². The van der Waals surface area contributed by atoms with Crippen LogP contribution in [-0.2, 0) is 10.2 Å². The molecule has 7 nitrogen and oxygen atoms in total. The molecule has 0 aromatic carbocycles. The summed E-state index contributed by atoms with van der Waals surface area (Å²) in [4.78, 5) is 20.6. The van der Waals surface area contributed by atoms with Gasteiger partial charge < -0.3 is 0 Å². The van der Waals surface area contributed by atoms with E-state index in [0.29, 0.717) is 11.6 Å². The first-order chi connectivity index (χ1) is 9.88. The van der Waals surface area contributed by atoms with Crippen molar-refractivity contribution >= 4 is 16.1 Å². The van der Waals surface area contributed by atoms with E-state index in [1.165, 1.54) is 17.5 Å². The Hall–Kier alpha value is -1.54. The van der Waals surface area contributed by atoms with Crippen LogP contribution >= 0.6 is 0 Å². The second-order valence-corrected chi connectivity index (χ2v) is 7.42. The third-order valence-corrected chi connectivity index (χ3v) is 5.35. The maximum atomic E-state index is 12.1. The van der Waals surface area contributed by atoms with Crippen LogP contribution in [0.15, 0.2) is 6.20 Å². The van der Waals surface area contributed by atoms with Crippen LogP contribution in [-0.4, -0.2) is 41.7 Å². The fourth-order valence-corrected chi connectivity index (χ4v) is 3.22. The van der Waals surface area contributed by atoms with E-state index in [2.05, 4.69) is 14.7 Å². The summed E-state index contributed by atoms with van der Waals surface area (Å²) in [7, 11) is -2.32. The van der Waals surface area contributed by atoms with Gasteiger partial charge in [-0.15, -0.1) is 0 Å². The van der Waals surface area contributed by atoms with E-state index in [1.807, 2.05) is 0 Å². The van der Waals surface area contributed by atoms with Crippen LogP contribution in [0.2, 0.25) is 0 Å². The summed E-state index contributed by atoms with van der Waals surface area (Å²) in [5, 5.41) is 0. The SMILES string of the molecule is Cc1nc(C2CC2)ncc1C(=O)NS(=O)(=O)N(C)C1CC1. The van der Waals surface area contributed by atoms with Crippen LogP contribution in [0.5, 0.6) is 0 Å². The first-order valence-corrected chi connectivity index (χ1v) is 8.46. The van der Waals surface area contributed by atoms with Crippen LogP contribution < -0.4 is 4.72 Å². The molecule has 0 radical (unpaired) electrons. The molecule has 1 amide bonds. The van der Waals surface area contributed by atoms with E-state index in [4.69, 9.17) is 0 Å². The van der Waals surface area contributed by atoms with Gasteiger partial charge >= 0.3 is 10.2 Å². The minimum absolute atomic E-state index is 0.00453.